The molecule has 5 atom stereocenters. The Kier molecular flexibility index (Phi) is 17.2. The number of amides is 2. The maximum Gasteiger partial charge on any atom is 0.472 e. The van der Waals surface area contributed by atoms with Gasteiger partial charge in [-0.15, -0.1) is 0 Å². The molecule has 0 aliphatic rings. The summed E-state index contributed by atoms with van der Waals surface area (Å²) >= 11 is 0. The number of methoxy groups -OCH3 is 1. The highest BCUT2D eigenvalue weighted by molar-refractivity contribution is 7.47. The van der Waals surface area contributed by atoms with E-state index in [1.807, 2.05) is 30.3 Å². The van der Waals surface area contributed by atoms with Gasteiger partial charge in [-0.25, -0.2) is 4.57 Å². The number of phosphoric ester groups is 1. The molecule has 13 nitrogen and oxygen atoms in total. The molecule has 1 rings (SSSR count). The number of aliphatic hydroxyl groups is 2. The number of benzene rings is 1. The number of ether oxygens (including phenoxy) is 1. The number of likely N-dealkylation sites (N-methyl/N-ethyl adjacent to an activating group) is 1. The number of unbranched alkanes of at least 4 members (excludes halogenated alkanes) is 1. The number of phosphoric acid groups is 1. The van der Waals surface area contributed by atoms with E-state index in [1.165, 1.54) is 31.3 Å². The number of hydrogen-bond donors (Lipinski definition) is 5. The summed E-state index contributed by atoms with van der Waals surface area (Å²) in [6.45, 7) is 1.68. The van der Waals surface area contributed by atoms with Crippen molar-refractivity contribution in [2.24, 2.45) is 16.6 Å². The third kappa shape index (κ3) is 14.1. The molecule has 2 amide bonds. The Labute approximate surface area is 235 Å². The van der Waals surface area contributed by atoms with Crippen LogP contribution in [0.1, 0.15) is 38.2 Å². The van der Waals surface area contributed by atoms with E-state index in [4.69, 9.17) is 19.5 Å². The highest BCUT2D eigenvalue weighted by Gasteiger charge is 2.38. The van der Waals surface area contributed by atoms with Crippen LogP contribution in [-0.2, 0) is 34.4 Å². The summed E-state index contributed by atoms with van der Waals surface area (Å²) in [5.74, 6) is -0.628. The molecular weight excluding hydrogens is 543 g/mol. The molecular formula is C26H43N4O9P. The van der Waals surface area contributed by atoms with E-state index in [0.29, 0.717) is 38.6 Å². The monoisotopic (exact) mass is 586 g/mol. The molecule has 0 saturated carbocycles. The number of carbonyl (C=O) groups is 2. The van der Waals surface area contributed by atoms with Crippen LogP contribution in [0, 0.1) is 5.92 Å². The van der Waals surface area contributed by atoms with Gasteiger partial charge in [-0.2, -0.15) is 4.99 Å². The summed E-state index contributed by atoms with van der Waals surface area (Å²) in [5, 5.41) is 23.3. The van der Waals surface area contributed by atoms with Gasteiger partial charge in [0.15, 0.2) is 6.23 Å². The number of nitrogens with zero attached hydrogens (tertiary/aromatic N) is 2. The van der Waals surface area contributed by atoms with Crippen molar-refractivity contribution < 1.29 is 43.0 Å². The fourth-order valence-electron chi connectivity index (χ4n) is 3.71. The second-order valence-electron chi connectivity index (χ2n) is 9.13. The average molecular weight is 587 g/mol. The van der Waals surface area contributed by atoms with Crippen molar-refractivity contribution in [1.82, 2.24) is 10.2 Å². The van der Waals surface area contributed by atoms with Crippen molar-refractivity contribution >= 4 is 26.0 Å². The van der Waals surface area contributed by atoms with Gasteiger partial charge in [0.05, 0.1) is 19.1 Å². The summed E-state index contributed by atoms with van der Waals surface area (Å²) in [5.41, 5.74) is 6.45. The Hall–Kier alpha value is -2.64. The molecule has 0 fully saturated rings. The van der Waals surface area contributed by atoms with Crippen molar-refractivity contribution in [3.05, 3.63) is 48.2 Å². The Bertz CT molecular complexity index is 976. The number of amidine groups is 1. The van der Waals surface area contributed by atoms with Gasteiger partial charge in [0.2, 0.25) is 12.3 Å². The fraction of sp³-hybridized carbons (Fsp3) is 0.577. The van der Waals surface area contributed by atoms with Gasteiger partial charge < -0.3 is 35.8 Å². The van der Waals surface area contributed by atoms with Crippen molar-refractivity contribution in [1.29, 1.82) is 0 Å². The summed E-state index contributed by atoms with van der Waals surface area (Å²) in [7, 11) is -1.85. The highest BCUT2D eigenvalue weighted by Crippen LogP contribution is 2.46. The molecule has 5 unspecified atom stereocenters. The molecule has 0 aliphatic carbocycles. The number of hydrogen-bond acceptors (Lipinski definition) is 9. The molecule has 1 aromatic carbocycles. The van der Waals surface area contributed by atoms with Gasteiger partial charge in [0.25, 0.3) is 0 Å². The molecule has 226 valence electrons. The van der Waals surface area contributed by atoms with Gasteiger partial charge in [0.1, 0.15) is 11.9 Å². The Morgan fingerprint density at radius 1 is 1.27 bits per heavy atom. The quantitative estimate of drug-likeness (QED) is 0.0348. The number of carbonyl (C=O) groups excluding carboxylic acids is 2. The Balaban J connectivity index is 2.59. The van der Waals surface area contributed by atoms with E-state index in [2.05, 4.69) is 10.3 Å². The average Bonchev–Trinajstić information content (AvgIpc) is 2.93. The van der Waals surface area contributed by atoms with Crippen LogP contribution in [0.15, 0.2) is 47.6 Å². The number of aliphatic imine (C=N–C) groups is 1. The molecule has 6 N–H and O–H groups in total. The van der Waals surface area contributed by atoms with Gasteiger partial charge >= 0.3 is 7.82 Å². The van der Waals surface area contributed by atoms with Crippen LogP contribution in [0.25, 0.3) is 0 Å². The second-order valence-corrected chi connectivity index (χ2v) is 10.5. The van der Waals surface area contributed by atoms with E-state index >= 15 is 0 Å². The Morgan fingerprint density at radius 2 is 1.98 bits per heavy atom. The highest BCUT2D eigenvalue weighted by atomic mass is 31.2. The largest absolute Gasteiger partial charge is 0.472 e. The zero-order valence-electron chi connectivity index (χ0n) is 23.3. The lowest BCUT2D eigenvalue weighted by Crippen LogP contribution is -2.47. The van der Waals surface area contributed by atoms with Crippen molar-refractivity contribution in [2.45, 2.75) is 57.5 Å². The normalized spacial score (nSPS) is 16.6. The topological polar surface area (TPSA) is 193 Å². The van der Waals surface area contributed by atoms with Crippen LogP contribution < -0.4 is 11.1 Å². The van der Waals surface area contributed by atoms with Gasteiger partial charge in [0, 0.05) is 39.4 Å². The van der Waals surface area contributed by atoms with E-state index < -0.39 is 32.2 Å². The molecule has 1 aromatic rings. The third-order valence-corrected chi connectivity index (χ3v) is 7.01. The lowest BCUT2D eigenvalue weighted by atomic mass is 10.0. The molecule has 0 bridgehead atoms. The summed E-state index contributed by atoms with van der Waals surface area (Å²) in [4.78, 5) is 37.4. The molecule has 0 saturated heterocycles. The first-order chi connectivity index (χ1) is 19.1. The molecule has 0 spiro atoms. The molecule has 40 heavy (non-hydrogen) atoms. The minimum atomic E-state index is -4.68. The zero-order valence-corrected chi connectivity index (χ0v) is 24.2. The SMILES string of the molecule is CCC(OC)C(OP(=O)(O)OCC(CO)CCCCNC(=O)Cc1ccccc1)C(O)N(C)/C=C\C(N)=NC=O. The van der Waals surface area contributed by atoms with Gasteiger partial charge in [-0.1, -0.05) is 43.7 Å². The van der Waals surface area contributed by atoms with Crippen molar-refractivity contribution in [3.8, 4) is 0 Å². The first kappa shape index (κ1) is 35.4. The smallest absolute Gasteiger partial charge is 0.396 e. The summed E-state index contributed by atoms with van der Waals surface area (Å²) in [6.07, 6.45) is 1.74. The summed E-state index contributed by atoms with van der Waals surface area (Å²) < 4.78 is 28.6. The fourth-order valence-corrected chi connectivity index (χ4v) is 4.72. The molecule has 0 aromatic heterocycles. The third-order valence-electron chi connectivity index (χ3n) is 6.02. The molecule has 0 heterocycles. The number of rotatable bonds is 21. The van der Waals surface area contributed by atoms with E-state index in [0.717, 1.165) is 5.56 Å². The predicted octanol–water partition coefficient (Wildman–Crippen LogP) is 1.33. The Morgan fingerprint density at radius 3 is 2.58 bits per heavy atom. The van der Waals surface area contributed by atoms with Crippen LogP contribution in [0.5, 0.6) is 0 Å². The van der Waals surface area contributed by atoms with Crippen LogP contribution in [-0.4, -0.2) is 90.5 Å². The lowest BCUT2D eigenvalue weighted by Gasteiger charge is -2.34. The van der Waals surface area contributed by atoms with Crippen LogP contribution >= 0.6 is 7.82 Å². The number of aliphatic hydroxyl groups excluding tert-OH is 2. The molecule has 0 aliphatic heterocycles. The first-order valence-electron chi connectivity index (χ1n) is 13.0. The standard InChI is InChI=1S/C26H43N4O9P/c1-4-22(37-3)25(26(34)30(2)15-13-23(27)29-19-32)39-40(35,36)38-18-21(17-31)12-8-9-14-28-24(33)16-20-10-6-5-7-11-20/h5-7,10-11,13,15,19,21-22,25-26,31,34H,4,8-9,12,14,16-18H2,1-3H3,(H,28,33)(H,35,36)(H2,27,29,32)/b15-13-. The minimum Gasteiger partial charge on any atom is -0.396 e. The van der Waals surface area contributed by atoms with E-state index in [-0.39, 0.29) is 31.4 Å². The second kappa shape index (κ2) is 19.4. The molecule has 14 heteroatoms. The van der Waals surface area contributed by atoms with Crippen LogP contribution in [0.3, 0.4) is 0 Å². The van der Waals surface area contributed by atoms with Gasteiger partial charge in [-0.3, -0.25) is 18.6 Å². The number of nitrogens with one attached hydrogen (secondary N) is 1. The van der Waals surface area contributed by atoms with Gasteiger partial charge in [-0.05, 0) is 30.9 Å². The number of nitrogens with two attached hydrogens (primary N) is 1. The maximum absolute atomic E-state index is 12.8. The first-order valence-corrected chi connectivity index (χ1v) is 14.5. The molecule has 0 radical (unpaired) electrons. The van der Waals surface area contributed by atoms with Crippen molar-refractivity contribution in [3.63, 3.8) is 0 Å². The predicted molar refractivity (Wildman–Crippen MR) is 150 cm³/mol. The minimum absolute atomic E-state index is 0.0801. The lowest BCUT2D eigenvalue weighted by molar-refractivity contribution is -0.120. The van der Waals surface area contributed by atoms with Crippen LogP contribution in [0.4, 0.5) is 0 Å². The van der Waals surface area contributed by atoms with E-state index in [1.54, 1.807) is 6.92 Å². The maximum atomic E-state index is 12.8. The zero-order chi connectivity index (χ0) is 30.0. The van der Waals surface area contributed by atoms with Crippen LogP contribution in [0.2, 0.25) is 0 Å². The van der Waals surface area contributed by atoms with Crippen molar-refractivity contribution in [2.75, 3.05) is 33.9 Å². The van der Waals surface area contributed by atoms with E-state index in [9.17, 15) is 29.3 Å². The summed E-state index contributed by atoms with van der Waals surface area (Å²) in [6, 6.07) is 9.40.